The molecule has 0 unspecified atom stereocenters. The number of nitro benzene ring substituents is 1. The van der Waals surface area contributed by atoms with Crippen LogP contribution in [0.25, 0.3) is 0 Å². The summed E-state index contributed by atoms with van der Waals surface area (Å²) in [5.41, 5.74) is -0.577. The summed E-state index contributed by atoms with van der Waals surface area (Å²) in [6.07, 6.45) is 0.709. The lowest BCUT2D eigenvalue weighted by atomic mass is 10.2. The minimum absolute atomic E-state index is 0.196. The number of nitro groups is 1. The van der Waals surface area contributed by atoms with Gasteiger partial charge in [0, 0.05) is 26.3 Å². The summed E-state index contributed by atoms with van der Waals surface area (Å²) < 4.78 is 18.6. The average Bonchev–Trinajstić information content (AvgIpc) is 2.49. The molecule has 0 atom stereocenters. The number of likely N-dealkylation sites (N-methyl/N-ethyl adjacent to an activating group) is 1. The Morgan fingerprint density at radius 3 is 2.77 bits per heavy atom. The maximum absolute atomic E-state index is 13.7. The number of nitrogens with zero attached hydrogens (tertiary/aromatic N) is 2. The first kappa shape index (κ1) is 18.0. The number of hydrogen-bond donors (Lipinski definition) is 1. The van der Waals surface area contributed by atoms with Gasteiger partial charge in [0.25, 0.3) is 11.6 Å². The number of nitrogens with one attached hydrogen (secondary N) is 1. The molecule has 0 fully saturated rings. The van der Waals surface area contributed by atoms with Crippen LogP contribution in [0.2, 0.25) is 0 Å². The van der Waals surface area contributed by atoms with Crippen molar-refractivity contribution < 1.29 is 18.8 Å². The van der Waals surface area contributed by atoms with Crippen LogP contribution < -0.4 is 5.32 Å². The Morgan fingerprint density at radius 1 is 1.45 bits per heavy atom. The third kappa shape index (κ3) is 5.74. The van der Waals surface area contributed by atoms with Gasteiger partial charge >= 0.3 is 0 Å². The van der Waals surface area contributed by atoms with Crippen LogP contribution >= 0.6 is 0 Å². The molecule has 0 bridgehead atoms. The summed E-state index contributed by atoms with van der Waals surface area (Å²) in [6.45, 7) is 2.59. The Labute approximate surface area is 128 Å². The standard InChI is InChI=1S/C14H20FN3O4/c1-17(8-9-22-2)7-3-6-16-14(19)12-5-4-11(18(20)21)10-13(12)15/h4-5,10H,3,6-9H2,1-2H3,(H,16,19). The molecular formula is C14H20FN3O4. The summed E-state index contributed by atoms with van der Waals surface area (Å²) in [7, 11) is 3.57. The molecule has 0 saturated heterocycles. The SMILES string of the molecule is COCCN(C)CCCNC(=O)c1ccc([N+](=O)[O-])cc1F. The Kier molecular flexibility index (Phi) is 7.41. The fourth-order valence-electron chi connectivity index (χ4n) is 1.81. The molecule has 122 valence electrons. The molecule has 7 nitrogen and oxygen atoms in total. The number of methoxy groups -OCH3 is 1. The first-order valence-corrected chi connectivity index (χ1v) is 6.85. The fraction of sp³-hybridized carbons (Fsp3) is 0.500. The van der Waals surface area contributed by atoms with Gasteiger partial charge in [-0.3, -0.25) is 14.9 Å². The molecule has 0 aliphatic carbocycles. The lowest BCUT2D eigenvalue weighted by molar-refractivity contribution is -0.385. The first-order valence-electron chi connectivity index (χ1n) is 6.85. The van der Waals surface area contributed by atoms with E-state index in [4.69, 9.17) is 4.74 Å². The average molecular weight is 313 g/mol. The van der Waals surface area contributed by atoms with E-state index in [9.17, 15) is 19.3 Å². The number of amides is 1. The number of halogens is 1. The van der Waals surface area contributed by atoms with E-state index in [0.717, 1.165) is 31.3 Å². The third-order valence-electron chi connectivity index (χ3n) is 3.09. The van der Waals surface area contributed by atoms with Crippen LogP contribution in [0.15, 0.2) is 18.2 Å². The molecule has 0 aromatic heterocycles. The second-order valence-corrected chi connectivity index (χ2v) is 4.83. The molecule has 1 N–H and O–H groups in total. The number of ether oxygens (including phenoxy) is 1. The van der Waals surface area contributed by atoms with Crippen LogP contribution in [0.3, 0.4) is 0 Å². The van der Waals surface area contributed by atoms with Gasteiger partial charge in [-0.15, -0.1) is 0 Å². The highest BCUT2D eigenvalue weighted by molar-refractivity contribution is 5.94. The number of carbonyl (C=O) groups excluding carboxylic acids is 1. The van der Waals surface area contributed by atoms with Gasteiger partial charge in [0.15, 0.2) is 0 Å². The second kappa shape index (κ2) is 9.06. The minimum atomic E-state index is -0.899. The van der Waals surface area contributed by atoms with E-state index in [0.29, 0.717) is 19.6 Å². The molecule has 0 aliphatic heterocycles. The van der Waals surface area contributed by atoms with Gasteiger partial charge in [-0.1, -0.05) is 0 Å². The molecule has 0 spiro atoms. The molecule has 1 aromatic carbocycles. The molecule has 1 rings (SSSR count). The van der Waals surface area contributed by atoms with E-state index in [2.05, 4.69) is 10.2 Å². The van der Waals surface area contributed by atoms with Gasteiger partial charge in [-0.05, 0) is 26.1 Å². The fourth-order valence-corrected chi connectivity index (χ4v) is 1.81. The topological polar surface area (TPSA) is 84.7 Å². The van der Waals surface area contributed by atoms with Crippen LogP contribution in [-0.2, 0) is 4.74 Å². The zero-order valence-corrected chi connectivity index (χ0v) is 12.7. The van der Waals surface area contributed by atoms with Gasteiger partial charge < -0.3 is 15.0 Å². The van der Waals surface area contributed by atoms with Crippen LogP contribution in [-0.4, -0.2) is 56.1 Å². The number of carbonyl (C=O) groups is 1. The van der Waals surface area contributed by atoms with Crippen molar-refractivity contribution in [1.29, 1.82) is 0 Å². The normalized spacial score (nSPS) is 10.7. The van der Waals surface area contributed by atoms with Crippen molar-refractivity contribution in [2.24, 2.45) is 0 Å². The van der Waals surface area contributed by atoms with Crippen molar-refractivity contribution in [3.63, 3.8) is 0 Å². The summed E-state index contributed by atoms with van der Waals surface area (Å²) in [5.74, 6) is -1.48. The zero-order valence-electron chi connectivity index (χ0n) is 12.7. The van der Waals surface area contributed by atoms with Crippen molar-refractivity contribution in [2.45, 2.75) is 6.42 Å². The largest absolute Gasteiger partial charge is 0.383 e. The van der Waals surface area contributed by atoms with Crippen molar-refractivity contribution in [3.8, 4) is 0 Å². The van der Waals surface area contributed by atoms with Gasteiger partial charge in [-0.2, -0.15) is 0 Å². The monoisotopic (exact) mass is 313 g/mol. The number of benzene rings is 1. The number of rotatable bonds is 9. The van der Waals surface area contributed by atoms with Crippen molar-refractivity contribution in [1.82, 2.24) is 10.2 Å². The quantitative estimate of drug-likeness (QED) is 0.423. The van der Waals surface area contributed by atoms with Crippen LogP contribution in [0.5, 0.6) is 0 Å². The number of hydrogen-bond acceptors (Lipinski definition) is 5. The maximum atomic E-state index is 13.7. The summed E-state index contributed by atoms with van der Waals surface area (Å²) in [4.78, 5) is 23.7. The summed E-state index contributed by atoms with van der Waals surface area (Å²) in [5, 5.41) is 13.1. The lowest BCUT2D eigenvalue weighted by Gasteiger charge is -2.15. The molecule has 1 aromatic rings. The molecule has 0 heterocycles. The van der Waals surface area contributed by atoms with E-state index in [1.165, 1.54) is 0 Å². The first-order chi connectivity index (χ1) is 10.5. The third-order valence-corrected chi connectivity index (χ3v) is 3.09. The van der Waals surface area contributed by atoms with E-state index in [1.54, 1.807) is 7.11 Å². The van der Waals surface area contributed by atoms with E-state index in [-0.39, 0.29) is 11.3 Å². The molecule has 0 radical (unpaired) electrons. The minimum Gasteiger partial charge on any atom is -0.383 e. The lowest BCUT2D eigenvalue weighted by Crippen LogP contribution is -2.30. The summed E-state index contributed by atoms with van der Waals surface area (Å²) in [6, 6.07) is 2.97. The van der Waals surface area contributed by atoms with E-state index < -0.39 is 16.6 Å². The Bertz CT molecular complexity index is 525. The Balaban J connectivity index is 2.41. The molecule has 1 amide bonds. The van der Waals surface area contributed by atoms with Gasteiger partial charge in [-0.25, -0.2) is 4.39 Å². The van der Waals surface area contributed by atoms with E-state index >= 15 is 0 Å². The van der Waals surface area contributed by atoms with Gasteiger partial charge in [0.2, 0.25) is 0 Å². The molecule has 0 aliphatic rings. The van der Waals surface area contributed by atoms with E-state index in [1.807, 2.05) is 7.05 Å². The highest BCUT2D eigenvalue weighted by Gasteiger charge is 2.15. The van der Waals surface area contributed by atoms with Gasteiger partial charge in [0.05, 0.1) is 23.2 Å². The smallest absolute Gasteiger partial charge is 0.272 e. The Hall–Kier alpha value is -2.06. The number of non-ortho nitro benzene ring substituents is 1. The molecule has 8 heteroatoms. The molecule has 22 heavy (non-hydrogen) atoms. The van der Waals surface area contributed by atoms with Gasteiger partial charge in [0.1, 0.15) is 5.82 Å². The second-order valence-electron chi connectivity index (χ2n) is 4.83. The highest BCUT2D eigenvalue weighted by Crippen LogP contribution is 2.16. The van der Waals surface area contributed by atoms with Crippen molar-refractivity contribution in [2.75, 3.05) is 40.4 Å². The highest BCUT2D eigenvalue weighted by atomic mass is 19.1. The van der Waals surface area contributed by atoms with Crippen molar-refractivity contribution in [3.05, 3.63) is 39.7 Å². The van der Waals surface area contributed by atoms with Crippen LogP contribution in [0, 0.1) is 15.9 Å². The van der Waals surface area contributed by atoms with Crippen LogP contribution in [0.4, 0.5) is 10.1 Å². The van der Waals surface area contributed by atoms with Crippen LogP contribution in [0.1, 0.15) is 16.8 Å². The summed E-state index contributed by atoms with van der Waals surface area (Å²) >= 11 is 0. The molecular weight excluding hydrogens is 293 g/mol. The Morgan fingerprint density at radius 2 is 2.18 bits per heavy atom. The molecule has 0 saturated carbocycles. The zero-order chi connectivity index (χ0) is 16.5. The predicted molar refractivity (Wildman–Crippen MR) is 79.4 cm³/mol. The van der Waals surface area contributed by atoms with Crippen molar-refractivity contribution >= 4 is 11.6 Å². The maximum Gasteiger partial charge on any atom is 0.272 e. The predicted octanol–water partition coefficient (Wildman–Crippen LogP) is 1.43.